The van der Waals surface area contributed by atoms with Crippen LogP contribution < -0.4 is 16.0 Å². The van der Waals surface area contributed by atoms with Crippen molar-refractivity contribution in [2.45, 2.75) is 26.1 Å². The highest BCUT2D eigenvalue weighted by molar-refractivity contribution is 6.11. The number of alkyl halides is 3. The Bertz CT molecular complexity index is 1040. The number of hydrogen-bond donors (Lipinski definition) is 2. The second-order valence-electron chi connectivity index (χ2n) is 6.79. The zero-order valence-electron chi connectivity index (χ0n) is 16.0. The quantitative estimate of drug-likeness (QED) is 0.586. The maximum absolute atomic E-state index is 12.9. The second kappa shape index (κ2) is 7.69. The first-order chi connectivity index (χ1) is 14.0. The normalized spacial score (nSPS) is 14.6. The van der Waals surface area contributed by atoms with Gasteiger partial charge in [0, 0.05) is 5.69 Å². The third kappa shape index (κ3) is 4.07. The summed E-state index contributed by atoms with van der Waals surface area (Å²) in [6.07, 6.45) is -5.92. The van der Waals surface area contributed by atoms with Gasteiger partial charge in [-0.25, -0.2) is 4.79 Å². The van der Waals surface area contributed by atoms with E-state index < -0.39 is 42.2 Å². The van der Waals surface area contributed by atoms with Crippen LogP contribution in [0.3, 0.4) is 0 Å². The molecule has 7 nitrogen and oxygen atoms in total. The van der Waals surface area contributed by atoms with Crippen molar-refractivity contribution >= 4 is 34.8 Å². The van der Waals surface area contributed by atoms with Crippen molar-refractivity contribution in [3.63, 3.8) is 0 Å². The molecule has 0 aromatic heterocycles. The summed E-state index contributed by atoms with van der Waals surface area (Å²) in [4.78, 5) is 38.1. The van der Waals surface area contributed by atoms with Crippen molar-refractivity contribution in [2.24, 2.45) is 0 Å². The maximum Gasteiger partial charge on any atom is 0.416 e. The number of rotatable bonds is 3. The highest BCUT2D eigenvalue weighted by atomic mass is 19.4. The Labute approximate surface area is 169 Å². The zero-order valence-corrected chi connectivity index (χ0v) is 16.0. The van der Waals surface area contributed by atoms with Gasteiger partial charge in [-0.05, 0) is 43.7 Å². The van der Waals surface area contributed by atoms with Gasteiger partial charge in [-0.1, -0.05) is 12.1 Å². The third-order valence-corrected chi connectivity index (χ3v) is 4.63. The minimum Gasteiger partial charge on any atom is -0.449 e. The number of para-hydroxylation sites is 1. The van der Waals surface area contributed by atoms with E-state index in [0.717, 1.165) is 23.1 Å². The molecular formula is C20H18F3N3O4. The van der Waals surface area contributed by atoms with Gasteiger partial charge in [0.05, 0.1) is 22.5 Å². The molecule has 2 aromatic carbocycles. The van der Waals surface area contributed by atoms with E-state index in [-0.39, 0.29) is 22.6 Å². The van der Waals surface area contributed by atoms with E-state index in [1.165, 1.54) is 13.0 Å². The Balaban J connectivity index is 1.84. The maximum atomic E-state index is 12.9. The topological polar surface area (TPSA) is 102 Å². The van der Waals surface area contributed by atoms with Gasteiger partial charge in [-0.3, -0.25) is 14.5 Å². The van der Waals surface area contributed by atoms with E-state index in [0.29, 0.717) is 5.56 Å². The molecule has 2 aromatic rings. The first-order valence-electron chi connectivity index (χ1n) is 8.87. The lowest BCUT2D eigenvalue weighted by molar-refractivity contribution is -0.137. The van der Waals surface area contributed by atoms with E-state index in [1.807, 2.05) is 0 Å². The minimum atomic E-state index is -4.61. The number of nitrogens with zero attached hydrogens (tertiary/aromatic N) is 1. The van der Waals surface area contributed by atoms with Gasteiger partial charge in [0.2, 0.25) is 5.91 Å². The molecule has 0 spiro atoms. The predicted molar refractivity (Wildman–Crippen MR) is 103 cm³/mol. The van der Waals surface area contributed by atoms with Crippen molar-refractivity contribution in [1.29, 1.82) is 0 Å². The molecule has 0 saturated carbocycles. The van der Waals surface area contributed by atoms with E-state index in [9.17, 15) is 27.6 Å². The summed E-state index contributed by atoms with van der Waals surface area (Å²) in [5.74, 6) is -2.26. The SMILES string of the molecule is Cc1cccc(C(=O)O[C@H](C)C(=O)N2CC(=O)Nc3cc(C(F)(F)F)ccc32)c1N. The Kier molecular flexibility index (Phi) is 5.43. The molecule has 1 atom stereocenters. The molecule has 3 N–H and O–H groups in total. The summed E-state index contributed by atoms with van der Waals surface area (Å²) in [6, 6.07) is 7.40. The molecular weight excluding hydrogens is 403 g/mol. The number of benzene rings is 2. The summed E-state index contributed by atoms with van der Waals surface area (Å²) in [7, 11) is 0. The van der Waals surface area contributed by atoms with Crippen LogP contribution in [-0.4, -0.2) is 30.4 Å². The largest absolute Gasteiger partial charge is 0.449 e. The lowest BCUT2D eigenvalue weighted by Crippen LogP contribution is -2.47. The number of carbonyl (C=O) groups excluding carboxylic acids is 3. The molecule has 0 radical (unpaired) electrons. The number of esters is 1. The Morgan fingerprint density at radius 2 is 1.93 bits per heavy atom. The standard InChI is InChI=1S/C20H18F3N3O4/c1-10-4-3-5-13(17(10)24)19(29)30-11(2)18(28)26-9-16(27)25-14-8-12(20(21,22)23)6-7-15(14)26/h3-8,11H,9,24H2,1-2H3,(H,25,27)/t11-/m1/s1. The van der Waals surface area contributed by atoms with Crippen LogP contribution >= 0.6 is 0 Å². The van der Waals surface area contributed by atoms with Gasteiger partial charge >= 0.3 is 12.1 Å². The summed E-state index contributed by atoms with van der Waals surface area (Å²) < 4.78 is 44.0. The lowest BCUT2D eigenvalue weighted by atomic mass is 10.1. The summed E-state index contributed by atoms with van der Waals surface area (Å²) in [5, 5.41) is 2.32. The van der Waals surface area contributed by atoms with Gasteiger partial charge in [0.1, 0.15) is 6.54 Å². The van der Waals surface area contributed by atoms with Gasteiger partial charge < -0.3 is 15.8 Å². The van der Waals surface area contributed by atoms with Crippen molar-refractivity contribution < 1.29 is 32.3 Å². The monoisotopic (exact) mass is 421 g/mol. The van der Waals surface area contributed by atoms with E-state index in [4.69, 9.17) is 10.5 Å². The van der Waals surface area contributed by atoms with Crippen molar-refractivity contribution in [1.82, 2.24) is 0 Å². The number of hydrogen-bond acceptors (Lipinski definition) is 5. The molecule has 1 aliphatic heterocycles. The molecule has 1 aliphatic rings. The second-order valence-corrected chi connectivity index (χ2v) is 6.79. The van der Waals surface area contributed by atoms with Crippen LogP contribution in [0, 0.1) is 6.92 Å². The van der Waals surface area contributed by atoms with Crippen LogP contribution in [0.4, 0.5) is 30.2 Å². The summed E-state index contributed by atoms with van der Waals surface area (Å²) in [5.41, 5.74) is 5.77. The number of nitrogens with two attached hydrogens (primary N) is 1. The minimum absolute atomic E-state index is 0.0746. The molecule has 3 rings (SSSR count). The van der Waals surface area contributed by atoms with Crippen LogP contribution in [0.2, 0.25) is 0 Å². The number of halogens is 3. The molecule has 1 heterocycles. The first kappa shape index (κ1) is 21.2. The van der Waals surface area contributed by atoms with E-state index in [1.54, 1.807) is 19.1 Å². The molecule has 0 fully saturated rings. The van der Waals surface area contributed by atoms with E-state index in [2.05, 4.69) is 5.32 Å². The number of amides is 2. The Morgan fingerprint density at radius 3 is 2.60 bits per heavy atom. The Morgan fingerprint density at radius 1 is 1.23 bits per heavy atom. The number of carbonyl (C=O) groups is 3. The molecule has 0 saturated heterocycles. The zero-order chi connectivity index (χ0) is 22.2. The molecule has 10 heteroatoms. The van der Waals surface area contributed by atoms with Crippen molar-refractivity contribution in [3.05, 3.63) is 53.1 Å². The summed E-state index contributed by atoms with van der Waals surface area (Å²) >= 11 is 0. The smallest absolute Gasteiger partial charge is 0.416 e. The number of anilines is 3. The first-order valence-corrected chi connectivity index (χ1v) is 8.87. The molecule has 0 bridgehead atoms. The lowest BCUT2D eigenvalue weighted by Gasteiger charge is -2.31. The Hall–Kier alpha value is -3.56. The van der Waals surface area contributed by atoms with Crippen LogP contribution in [0.1, 0.15) is 28.4 Å². The fraction of sp³-hybridized carbons (Fsp3) is 0.250. The number of ether oxygens (including phenoxy) is 1. The van der Waals surface area contributed by atoms with Crippen LogP contribution in [-0.2, 0) is 20.5 Å². The molecule has 0 unspecified atom stereocenters. The van der Waals surface area contributed by atoms with Crippen LogP contribution in [0.15, 0.2) is 36.4 Å². The van der Waals surface area contributed by atoms with Crippen molar-refractivity contribution in [3.8, 4) is 0 Å². The number of nitrogen functional groups attached to an aromatic ring is 1. The van der Waals surface area contributed by atoms with Crippen LogP contribution in [0.25, 0.3) is 0 Å². The van der Waals surface area contributed by atoms with E-state index >= 15 is 0 Å². The van der Waals surface area contributed by atoms with Gasteiger partial charge in [0.25, 0.3) is 5.91 Å². The number of nitrogens with one attached hydrogen (secondary N) is 1. The predicted octanol–water partition coefficient (Wildman–Crippen LogP) is 3.13. The number of fused-ring (bicyclic) bond motifs is 1. The fourth-order valence-corrected chi connectivity index (χ4v) is 3.02. The van der Waals surface area contributed by atoms with Gasteiger partial charge in [-0.15, -0.1) is 0 Å². The van der Waals surface area contributed by atoms with Gasteiger partial charge in [0.15, 0.2) is 6.10 Å². The van der Waals surface area contributed by atoms with Gasteiger partial charge in [-0.2, -0.15) is 13.2 Å². The summed E-state index contributed by atoms with van der Waals surface area (Å²) in [6.45, 7) is 2.59. The number of aryl methyl sites for hydroxylation is 1. The molecule has 2 amide bonds. The third-order valence-electron chi connectivity index (χ3n) is 4.63. The van der Waals surface area contributed by atoms with Crippen LogP contribution in [0.5, 0.6) is 0 Å². The highest BCUT2D eigenvalue weighted by Gasteiger charge is 2.35. The molecule has 30 heavy (non-hydrogen) atoms. The highest BCUT2D eigenvalue weighted by Crippen LogP contribution is 2.37. The molecule has 0 aliphatic carbocycles. The molecule has 158 valence electrons. The average molecular weight is 421 g/mol. The van der Waals surface area contributed by atoms with Crippen molar-refractivity contribution in [2.75, 3.05) is 22.5 Å². The fourth-order valence-electron chi connectivity index (χ4n) is 3.02. The average Bonchev–Trinajstić information content (AvgIpc) is 2.67.